The highest BCUT2D eigenvalue weighted by molar-refractivity contribution is 5.92. The summed E-state index contributed by atoms with van der Waals surface area (Å²) in [6, 6.07) is 4.90. The van der Waals surface area contributed by atoms with Crippen LogP contribution in [0.5, 0.6) is 6.01 Å². The molecule has 2 N–H and O–H groups in total. The van der Waals surface area contributed by atoms with Crippen molar-refractivity contribution in [3.05, 3.63) is 76.9 Å². The first-order chi connectivity index (χ1) is 19.0. The van der Waals surface area contributed by atoms with E-state index in [1.807, 2.05) is 0 Å². The molecule has 202 valence electrons. The van der Waals surface area contributed by atoms with Crippen LogP contribution in [0.4, 0.5) is 14.6 Å². The number of fused-ring (bicyclic) bond motifs is 2. The maximum atomic E-state index is 16.3. The number of aromatic amines is 1. The van der Waals surface area contributed by atoms with Crippen LogP contribution < -0.4 is 10.1 Å². The van der Waals surface area contributed by atoms with E-state index in [9.17, 15) is 4.39 Å². The minimum absolute atomic E-state index is 0.00880. The summed E-state index contributed by atoms with van der Waals surface area (Å²) in [6.45, 7) is 6.55. The van der Waals surface area contributed by atoms with E-state index in [2.05, 4.69) is 35.4 Å². The van der Waals surface area contributed by atoms with Crippen molar-refractivity contribution < 1.29 is 13.5 Å². The molecule has 10 heteroatoms. The molecule has 2 aliphatic rings. The van der Waals surface area contributed by atoms with E-state index < -0.39 is 11.6 Å². The van der Waals surface area contributed by atoms with Gasteiger partial charge >= 0.3 is 6.01 Å². The number of aromatic nitrogens is 5. The summed E-state index contributed by atoms with van der Waals surface area (Å²) in [7, 11) is 0. The van der Waals surface area contributed by atoms with Gasteiger partial charge in [0.2, 0.25) is 0 Å². The van der Waals surface area contributed by atoms with Crippen LogP contribution in [0, 0.1) is 18.6 Å². The smallest absolute Gasteiger partial charge is 0.319 e. The number of aryl methyl sites for hydroxylation is 1. The summed E-state index contributed by atoms with van der Waals surface area (Å²) in [5.41, 5.74) is 2.37. The summed E-state index contributed by atoms with van der Waals surface area (Å²) in [5.74, 6) is -0.677. The number of anilines is 1. The summed E-state index contributed by atoms with van der Waals surface area (Å²) in [5, 5.41) is 10.4. The average Bonchev–Trinajstić information content (AvgIpc) is 3.67. The number of allylic oxidation sites excluding steroid dienone is 1. The number of H-pyrrole nitrogens is 1. The quantitative estimate of drug-likeness (QED) is 0.314. The Morgan fingerprint density at radius 2 is 2.00 bits per heavy atom. The highest BCUT2D eigenvalue weighted by Gasteiger charge is 2.45. The first-order valence-corrected chi connectivity index (χ1v) is 13.4. The van der Waals surface area contributed by atoms with Gasteiger partial charge in [-0.1, -0.05) is 18.2 Å². The van der Waals surface area contributed by atoms with E-state index in [-0.39, 0.29) is 22.8 Å². The largest absolute Gasteiger partial charge is 0.461 e. The predicted octanol–water partition coefficient (Wildman–Crippen LogP) is 5.41. The highest BCUT2D eigenvalue weighted by atomic mass is 19.1. The van der Waals surface area contributed by atoms with E-state index in [0.717, 1.165) is 44.3 Å². The van der Waals surface area contributed by atoms with E-state index >= 15 is 4.39 Å². The molecule has 0 bridgehead atoms. The van der Waals surface area contributed by atoms with E-state index in [4.69, 9.17) is 4.74 Å². The Labute approximate surface area is 225 Å². The van der Waals surface area contributed by atoms with Crippen molar-refractivity contribution in [2.75, 3.05) is 25.0 Å². The molecule has 8 nitrogen and oxygen atoms in total. The number of ether oxygens (including phenoxy) is 1. The molecule has 0 unspecified atom stereocenters. The minimum atomic E-state index is -0.650. The number of hydrogen-bond acceptors (Lipinski definition) is 7. The van der Waals surface area contributed by atoms with Gasteiger partial charge in [-0.3, -0.25) is 15.0 Å². The van der Waals surface area contributed by atoms with Gasteiger partial charge < -0.3 is 10.1 Å². The fourth-order valence-corrected chi connectivity index (χ4v) is 6.02. The summed E-state index contributed by atoms with van der Waals surface area (Å²) in [6.07, 6.45) is 11.1. The zero-order valence-electron chi connectivity index (χ0n) is 22.1. The van der Waals surface area contributed by atoms with Crippen LogP contribution >= 0.6 is 0 Å². The molecule has 2 fully saturated rings. The van der Waals surface area contributed by atoms with Gasteiger partial charge in [0.15, 0.2) is 5.82 Å². The second-order valence-corrected chi connectivity index (χ2v) is 10.3. The molecule has 39 heavy (non-hydrogen) atoms. The van der Waals surface area contributed by atoms with Crippen LogP contribution in [0.15, 0.2) is 42.9 Å². The monoisotopic (exact) mass is 531 g/mol. The van der Waals surface area contributed by atoms with E-state index in [1.54, 1.807) is 44.4 Å². The van der Waals surface area contributed by atoms with Gasteiger partial charge in [-0.15, -0.1) is 0 Å². The molecule has 4 aromatic rings. The Kier molecular flexibility index (Phi) is 6.72. The van der Waals surface area contributed by atoms with Crippen LogP contribution in [0.25, 0.3) is 16.5 Å². The first-order valence-electron chi connectivity index (χ1n) is 13.4. The van der Waals surface area contributed by atoms with Crippen molar-refractivity contribution in [3.8, 4) is 6.01 Å². The van der Waals surface area contributed by atoms with Crippen molar-refractivity contribution in [2.24, 2.45) is 0 Å². The Hall–Kier alpha value is -3.92. The topological polar surface area (TPSA) is 91.9 Å². The van der Waals surface area contributed by atoms with Gasteiger partial charge in [0.05, 0.1) is 17.1 Å². The third kappa shape index (κ3) is 4.63. The Bertz CT molecular complexity index is 1510. The maximum absolute atomic E-state index is 16.3. The zero-order valence-corrected chi connectivity index (χ0v) is 22.1. The molecule has 1 aromatic carbocycles. The molecule has 0 amide bonds. The molecule has 2 saturated heterocycles. The molecule has 2 aliphatic heterocycles. The molecular weight excluding hydrogens is 500 g/mol. The number of hydrogen-bond donors (Lipinski definition) is 2. The Balaban J connectivity index is 1.41. The second-order valence-electron chi connectivity index (χ2n) is 10.3. The van der Waals surface area contributed by atoms with Crippen LogP contribution in [0.1, 0.15) is 55.0 Å². The Morgan fingerprint density at radius 3 is 2.72 bits per heavy atom. The van der Waals surface area contributed by atoms with E-state index in [1.165, 1.54) is 12.3 Å². The molecule has 5 heterocycles. The number of nitrogens with zero attached hydrogens (tertiary/aromatic N) is 5. The predicted molar refractivity (Wildman–Crippen MR) is 145 cm³/mol. The lowest BCUT2D eigenvalue weighted by atomic mass is 9.95. The number of rotatable bonds is 8. The molecular formula is C29H31F2N7O. The number of benzene rings is 1. The van der Waals surface area contributed by atoms with Crippen molar-refractivity contribution >= 4 is 22.3 Å². The van der Waals surface area contributed by atoms with Crippen LogP contribution in [0.3, 0.4) is 0 Å². The molecule has 0 spiro atoms. The van der Waals surface area contributed by atoms with Crippen molar-refractivity contribution in [3.63, 3.8) is 0 Å². The molecule has 0 atom stereocenters. The molecule has 3 aromatic heterocycles. The fraction of sp³-hybridized carbons (Fsp3) is 0.379. The standard InChI is InChI=1S/C29H31F2N7O/c1-3-20(23-18(2)7-4-8-22(23)30)25-24(31)26-21(16-32-25)27(33-13-19-14-34-35-15-19)37-28(36-26)39-17-29-9-5-11-38(29)12-6-10-29/h3-4,7-8,14-16H,5-6,9-13,17H2,1-2H3,(H,34,35)(H,33,36,37)/b20-3+. The molecule has 6 rings (SSSR count). The van der Waals surface area contributed by atoms with Gasteiger partial charge in [-0.2, -0.15) is 15.1 Å². The summed E-state index contributed by atoms with van der Waals surface area (Å²) in [4.78, 5) is 16.1. The number of pyridine rings is 1. The van der Waals surface area contributed by atoms with E-state index in [0.29, 0.717) is 41.1 Å². The fourth-order valence-electron chi connectivity index (χ4n) is 6.02. The molecule has 0 aliphatic carbocycles. The van der Waals surface area contributed by atoms with Gasteiger partial charge in [0.1, 0.15) is 29.5 Å². The first kappa shape index (κ1) is 25.4. The van der Waals surface area contributed by atoms with Crippen LogP contribution in [-0.2, 0) is 6.54 Å². The van der Waals surface area contributed by atoms with Crippen molar-refractivity contribution in [1.29, 1.82) is 0 Å². The lowest BCUT2D eigenvalue weighted by Gasteiger charge is -2.31. The molecule has 0 radical (unpaired) electrons. The highest BCUT2D eigenvalue weighted by Crippen LogP contribution is 2.39. The lowest BCUT2D eigenvalue weighted by Crippen LogP contribution is -2.43. The Morgan fingerprint density at radius 1 is 1.18 bits per heavy atom. The van der Waals surface area contributed by atoms with Gasteiger partial charge in [0, 0.05) is 35.6 Å². The van der Waals surface area contributed by atoms with Gasteiger partial charge in [-0.05, 0) is 64.3 Å². The molecule has 0 saturated carbocycles. The van der Waals surface area contributed by atoms with Crippen molar-refractivity contribution in [1.82, 2.24) is 30.0 Å². The maximum Gasteiger partial charge on any atom is 0.319 e. The summed E-state index contributed by atoms with van der Waals surface area (Å²) >= 11 is 0. The van der Waals surface area contributed by atoms with Crippen LogP contribution in [-0.4, -0.2) is 55.3 Å². The SMILES string of the molecule is C/C=C(/c1ncc2c(NCc3cn[nH]c3)nc(OCC34CCCN3CCC4)nc2c1F)c1c(C)cccc1F. The second kappa shape index (κ2) is 10.3. The van der Waals surface area contributed by atoms with Gasteiger partial charge in [0.25, 0.3) is 0 Å². The summed E-state index contributed by atoms with van der Waals surface area (Å²) < 4.78 is 37.3. The number of halogens is 2. The van der Waals surface area contributed by atoms with Crippen molar-refractivity contribution in [2.45, 2.75) is 51.6 Å². The third-order valence-electron chi connectivity index (χ3n) is 7.99. The minimum Gasteiger partial charge on any atom is -0.461 e. The third-order valence-corrected chi connectivity index (χ3v) is 7.99. The zero-order chi connectivity index (χ0) is 27.0. The average molecular weight is 532 g/mol. The van der Waals surface area contributed by atoms with Gasteiger partial charge in [-0.25, -0.2) is 8.78 Å². The normalized spacial score (nSPS) is 17.1. The lowest BCUT2D eigenvalue weighted by molar-refractivity contribution is 0.108. The number of nitrogens with one attached hydrogen (secondary N) is 2. The van der Waals surface area contributed by atoms with Crippen LogP contribution in [0.2, 0.25) is 0 Å².